The molecule has 2 rings (SSSR count). The van der Waals surface area contributed by atoms with E-state index in [0.29, 0.717) is 24.0 Å². The lowest BCUT2D eigenvalue weighted by molar-refractivity contribution is -0.137. The summed E-state index contributed by atoms with van der Waals surface area (Å²) in [5.41, 5.74) is -0.242. The molecule has 180 valence electrons. The van der Waals surface area contributed by atoms with E-state index >= 15 is 0 Å². The number of alkyl halides is 3. The Morgan fingerprint density at radius 1 is 1.12 bits per heavy atom. The maximum Gasteiger partial charge on any atom is 0.416 e. The molecule has 0 unspecified atom stereocenters. The Morgan fingerprint density at radius 3 is 2.42 bits per heavy atom. The molecule has 0 atom stereocenters. The van der Waals surface area contributed by atoms with Crippen molar-refractivity contribution in [2.45, 2.75) is 17.5 Å². The van der Waals surface area contributed by atoms with Gasteiger partial charge in [0.15, 0.2) is 11.5 Å². The zero-order chi connectivity index (χ0) is 24.6. The summed E-state index contributed by atoms with van der Waals surface area (Å²) in [5.74, 6) is 0.490. The Hall–Kier alpha value is -3.05. The number of benzene rings is 2. The Bertz CT molecular complexity index is 1090. The molecule has 7 nitrogen and oxygen atoms in total. The third kappa shape index (κ3) is 6.96. The summed E-state index contributed by atoms with van der Waals surface area (Å²) in [4.78, 5) is 11.8. The molecule has 1 amide bonds. The number of nitrogens with one attached hydrogen (secondary N) is 1. The first-order chi connectivity index (χ1) is 15.5. The van der Waals surface area contributed by atoms with Gasteiger partial charge in [-0.1, -0.05) is 18.2 Å². The van der Waals surface area contributed by atoms with Crippen LogP contribution in [-0.2, 0) is 27.4 Å². The summed E-state index contributed by atoms with van der Waals surface area (Å²) in [6.45, 7) is 2.85. The number of methoxy groups -OCH3 is 2. The summed E-state index contributed by atoms with van der Waals surface area (Å²) in [6, 6.07) is 8.66. The van der Waals surface area contributed by atoms with Crippen LogP contribution < -0.4 is 14.8 Å². The van der Waals surface area contributed by atoms with Gasteiger partial charge < -0.3 is 14.8 Å². The summed E-state index contributed by atoms with van der Waals surface area (Å²) in [5, 5.41) is 2.61. The number of hydrogen-bond donors (Lipinski definition) is 1. The number of carbonyl (C=O) groups is 1. The van der Waals surface area contributed by atoms with Gasteiger partial charge in [0, 0.05) is 13.1 Å². The lowest BCUT2D eigenvalue weighted by atomic mass is 10.1. The van der Waals surface area contributed by atoms with E-state index in [2.05, 4.69) is 11.9 Å². The molecule has 0 saturated carbocycles. The van der Waals surface area contributed by atoms with Crippen LogP contribution in [0.1, 0.15) is 11.1 Å². The lowest BCUT2D eigenvalue weighted by Crippen LogP contribution is -2.41. The highest BCUT2D eigenvalue weighted by atomic mass is 32.2. The van der Waals surface area contributed by atoms with E-state index in [1.165, 1.54) is 20.3 Å². The monoisotopic (exact) mass is 486 g/mol. The Kier molecular flexibility index (Phi) is 8.89. The number of hydrogen-bond acceptors (Lipinski definition) is 5. The molecular weight excluding hydrogens is 461 g/mol. The van der Waals surface area contributed by atoms with Crippen molar-refractivity contribution in [3.05, 3.63) is 66.2 Å². The SMILES string of the molecule is C=CCN(CC(=O)NCCc1ccc(OC)c(OC)c1)S(=O)(=O)c1cccc(C(F)(F)F)c1. The maximum atomic E-state index is 13.0. The van der Waals surface area contributed by atoms with Gasteiger partial charge in [-0.2, -0.15) is 17.5 Å². The van der Waals surface area contributed by atoms with Gasteiger partial charge in [0.1, 0.15) is 0 Å². The van der Waals surface area contributed by atoms with Crippen LogP contribution in [0.2, 0.25) is 0 Å². The zero-order valence-electron chi connectivity index (χ0n) is 18.2. The average molecular weight is 487 g/mol. The maximum absolute atomic E-state index is 13.0. The third-order valence-corrected chi connectivity index (χ3v) is 6.44. The highest BCUT2D eigenvalue weighted by molar-refractivity contribution is 7.89. The number of halogens is 3. The first-order valence-electron chi connectivity index (χ1n) is 9.78. The molecule has 11 heteroatoms. The van der Waals surface area contributed by atoms with Crippen molar-refractivity contribution < 1.29 is 35.9 Å². The van der Waals surface area contributed by atoms with E-state index in [1.54, 1.807) is 18.2 Å². The molecule has 33 heavy (non-hydrogen) atoms. The minimum absolute atomic E-state index is 0.208. The van der Waals surface area contributed by atoms with E-state index in [1.807, 2.05) is 0 Å². The van der Waals surface area contributed by atoms with Crippen molar-refractivity contribution in [1.29, 1.82) is 0 Å². The topological polar surface area (TPSA) is 84.9 Å². The van der Waals surface area contributed by atoms with E-state index in [0.717, 1.165) is 28.1 Å². The van der Waals surface area contributed by atoms with Gasteiger partial charge in [-0.25, -0.2) is 8.42 Å². The normalized spacial score (nSPS) is 11.8. The molecule has 2 aromatic rings. The van der Waals surface area contributed by atoms with Gasteiger partial charge in [-0.3, -0.25) is 4.79 Å². The quantitative estimate of drug-likeness (QED) is 0.493. The van der Waals surface area contributed by atoms with Gasteiger partial charge in [0.05, 0.1) is 31.2 Å². The second-order valence-electron chi connectivity index (χ2n) is 6.90. The van der Waals surface area contributed by atoms with Crippen molar-refractivity contribution in [3.8, 4) is 11.5 Å². The number of amides is 1. The van der Waals surface area contributed by atoms with Crippen molar-refractivity contribution >= 4 is 15.9 Å². The highest BCUT2D eigenvalue weighted by Gasteiger charge is 2.33. The van der Waals surface area contributed by atoms with Gasteiger partial charge >= 0.3 is 6.18 Å². The molecule has 0 fully saturated rings. The molecule has 0 saturated heterocycles. The van der Waals surface area contributed by atoms with Gasteiger partial charge in [-0.15, -0.1) is 6.58 Å². The predicted octanol–water partition coefficient (Wildman–Crippen LogP) is 3.26. The van der Waals surface area contributed by atoms with Crippen LogP contribution in [0.4, 0.5) is 13.2 Å². The molecule has 0 aliphatic rings. The third-order valence-electron chi connectivity index (χ3n) is 4.64. The Labute approximate surface area is 190 Å². The van der Waals surface area contributed by atoms with Crippen LogP contribution in [0.3, 0.4) is 0 Å². The summed E-state index contributed by atoms with van der Waals surface area (Å²) in [7, 11) is -1.35. The van der Waals surface area contributed by atoms with Crippen molar-refractivity contribution in [2.24, 2.45) is 0 Å². The first-order valence-corrected chi connectivity index (χ1v) is 11.2. The molecule has 0 spiro atoms. The van der Waals surface area contributed by atoms with E-state index in [-0.39, 0.29) is 13.1 Å². The minimum Gasteiger partial charge on any atom is -0.493 e. The second kappa shape index (κ2) is 11.2. The molecule has 0 heterocycles. The molecule has 2 aromatic carbocycles. The van der Waals surface area contributed by atoms with Crippen LogP contribution in [0.15, 0.2) is 60.0 Å². The zero-order valence-corrected chi connectivity index (χ0v) is 19.0. The van der Waals surface area contributed by atoms with Crippen molar-refractivity contribution in [2.75, 3.05) is 33.9 Å². The molecular formula is C22H25F3N2O5S. The minimum atomic E-state index is -4.70. The molecule has 0 aliphatic heterocycles. The fraction of sp³-hybridized carbons (Fsp3) is 0.318. The number of nitrogens with zero attached hydrogens (tertiary/aromatic N) is 1. The molecule has 0 aliphatic carbocycles. The second-order valence-corrected chi connectivity index (χ2v) is 8.84. The average Bonchev–Trinajstić information content (AvgIpc) is 2.78. The van der Waals surface area contributed by atoms with Gasteiger partial charge in [0.25, 0.3) is 0 Å². The molecule has 0 aromatic heterocycles. The Balaban J connectivity index is 2.07. The smallest absolute Gasteiger partial charge is 0.416 e. The lowest BCUT2D eigenvalue weighted by Gasteiger charge is -2.21. The number of rotatable bonds is 11. The molecule has 0 radical (unpaired) electrons. The molecule has 0 bridgehead atoms. The first kappa shape index (κ1) is 26.2. The summed E-state index contributed by atoms with van der Waals surface area (Å²) in [6.07, 6.45) is -3.01. The van der Waals surface area contributed by atoms with E-state index < -0.39 is 39.1 Å². The van der Waals surface area contributed by atoms with Crippen LogP contribution >= 0.6 is 0 Å². The highest BCUT2D eigenvalue weighted by Crippen LogP contribution is 2.31. The number of ether oxygens (including phenoxy) is 2. The summed E-state index contributed by atoms with van der Waals surface area (Å²) < 4.78 is 75.8. The standard InChI is InChI=1S/C22H25F3N2O5S/c1-4-12-27(33(29,30)18-7-5-6-17(14-18)22(23,24)25)15-21(28)26-11-10-16-8-9-19(31-2)20(13-16)32-3/h4-9,13-14H,1,10-12,15H2,2-3H3,(H,26,28). The van der Waals surface area contributed by atoms with Crippen LogP contribution in [-0.4, -0.2) is 52.5 Å². The van der Waals surface area contributed by atoms with Gasteiger partial charge in [-0.05, 0) is 42.3 Å². The van der Waals surface area contributed by atoms with E-state index in [9.17, 15) is 26.4 Å². The van der Waals surface area contributed by atoms with Crippen LogP contribution in [0, 0.1) is 0 Å². The number of sulfonamides is 1. The molecule has 1 N–H and O–H groups in total. The fourth-order valence-corrected chi connectivity index (χ4v) is 4.39. The Morgan fingerprint density at radius 2 is 1.82 bits per heavy atom. The van der Waals surface area contributed by atoms with Gasteiger partial charge in [0.2, 0.25) is 15.9 Å². The van der Waals surface area contributed by atoms with Crippen LogP contribution in [0.5, 0.6) is 11.5 Å². The van der Waals surface area contributed by atoms with Crippen molar-refractivity contribution in [1.82, 2.24) is 9.62 Å². The number of carbonyl (C=O) groups excluding carboxylic acids is 1. The fourth-order valence-electron chi connectivity index (χ4n) is 2.97. The van der Waals surface area contributed by atoms with Crippen LogP contribution in [0.25, 0.3) is 0 Å². The summed E-state index contributed by atoms with van der Waals surface area (Å²) >= 11 is 0. The predicted molar refractivity (Wildman–Crippen MR) is 117 cm³/mol. The van der Waals surface area contributed by atoms with E-state index in [4.69, 9.17) is 9.47 Å². The largest absolute Gasteiger partial charge is 0.493 e. The van der Waals surface area contributed by atoms with Crippen molar-refractivity contribution in [3.63, 3.8) is 0 Å².